The average molecular weight is 378 g/mol. The molecule has 0 heterocycles. The number of nitrogens with one attached hydrogen (secondary N) is 1. The molecule has 0 fully saturated rings. The van der Waals surface area contributed by atoms with Crippen molar-refractivity contribution in [3.05, 3.63) is 52.5 Å². The van der Waals surface area contributed by atoms with Gasteiger partial charge in [0.1, 0.15) is 11.5 Å². The highest BCUT2D eigenvalue weighted by atomic mass is 35.5. The number of halogens is 1. The lowest BCUT2D eigenvalue weighted by Crippen LogP contribution is -2.13. The molecule has 1 amide bonds. The monoisotopic (exact) mass is 377 g/mol. The topological polar surface area (TPSA) is 73.9 Å². The van der Waals surface area contributed by atoms with Crippen LogP contribution in [0.5, 0.6) is 11.5 Å². The normalized spacial score (nSPS) is 10.2. The van der Waals surface area contributed by atoms with E-state index in [0.29, 0.717) is 23.6 Å². The lowest BCUT2D eigenvalue weighted by Gasteiger charge is -2.11. The molecule has 0 spiro atoms. The quantitative estimate of drug-likeness (QED) is 0.744. The van der Waals surface area contributed by atoms with Gasteiger partial charge < -0.3 is 19.5 Å². The van der Waals surface area contributed by atoms with E-state index in [0.717, 1.165) is 5.56 Å². The number of aryl methyl sites for hydroxylation is 1. The molecule has 1 N–H and O–H groups in total. The van der Waals surface area contributed by atoms with Crippen molar-refractivity contribution in [1.82, 2.24) is 0 Å². The first-order chi connectivity index (χ1) is 12.5. The third-order valence-corrected chi connectivity index (χ3v) is 4.09. The minimum atomic E-state index is -0.563. The van der Waals surface area contributed by atoms with E-state index in [-0.39, 0.29) is 22.9 Å². The molecule has 7 heteroatoms. The van der Waals surface area contributed by atoms with Crippen LogP contribution >= 0.6 is 11.6 Å². The summed E-state index contributed by atoms with van der Waals surface area (Å²) in [5.74, 6) is 0.625. The molecule has 0 bridgehead atoms. The van der Waals surface area contributed by atoms with Crippen LogP contribution in [0.25, 0.3) is 0 Å². The van der Waals surface area contributed by atoms with Gasteiger partial charge in [-0.1, -0.05) is 11.6 Å². The first-order valence-electron chi connectivity index (χ1n) is 7.87. The fourth-order valence-electron chi connectivity index (χ4n) is 2.42. The number of carbonyl (C=O) groups excluding carboxylic acids is 2. The van der Waals surface area contributed by atoms with Crippen LogP contribution in [0.1, 0.15) is 22.3 Å². The SMILES string of the molecule is COC(=O)c1cc(NC(=O)CCc2cc(OC)ccc2OC)ccc1Cl. The van der Waals surface area contributed by atoms with Gasteiger partial charge in [-0.2, -0.15) is 0 Å². The van der Waals surface area contributed by atoms with Crippen molar-refractivity contribution < 1.29 is 23.8 Å². The number of hydrogen-bond donors (Lipinski definition) is 1. The van der Waals surface area contributed by atoms with Gasteiger partial charge in [0.15, 0.2) is 0 Å². The summed E-state index contributed by atoms with van der Waals surface area (Å²) in [5, 5.41) is 3.01. The number of methoxy groups -OCH3 is 3. The largest absolute Gasteiger partial charge is 0.497 e. The van der Waals surface area contributed by atoms with Gasteiger partial charge in [0.25, 0.3) is 0 Å². The second kappa shape index (κ2) is 9.10. The molecule has 0 aromatic heterocycles. The second-order valence-electron chi connectivity index (χ2n) is 5.41. The van der Waals surface area contributed by atoms with Gasteiger partial charge in [-0.3, -0.25) is 4.79 Å². The summed E-state index contributed by atoms with van der Waals surface area (Å²) in [6, 6.07) is 10.1. The predicted octanol–water partition coefficient (Wildman–Crippen LogP) is 3.72. The highest BCUT2D eigenvalue weighted by molar-refractivity contribution is 6.33. The number of esters is 1. The summed E-state index contributed by atoms with van der Waals surface area (Å²) in [6.07, 6.45) is 0.712. The van der Waals surface area contributed by atoms with Crippen LogP contribution in [-0.2, 0) is 16.0 Å². The Hall–Kier alpha value is -2.73. The van der Waals surface area contributed by atoms with Crippen LogP contribution < -0.4 is 14.8 Å². The zero-order valence-corrected chi connectivity index (χ0v) is 15.6. The van der Waals surface area contributed by atoms with Crippen LogP contribution in [-0.4, -0.2) is 33.2 Å². The van der Waals surface area contributed by atoms with E-state index < -0.39 is 5.97 Å². The number of hydrogen-bond acceptors (Lipinski definition) is 5. The van der Waals surface area contributed by atoms with E-state index in [1.54, 1.807) is 32.4 Å². The Labute approximate surface area is 157 Å². The van der Waals surface area contributed by atoms with Crippen molar-refractivity contribution in [1.29, 1.82) is 0 Å². The minimum absolute atomic E-state index is 0.196. The predicted molar refractivity (Wildman–Crippen MR) is 99.3 cm³/mol. The van der Waals surface area contributed by atoms with Crippen LogP contribution in [0.15, 0.2) is 36.4 Å². The molecule has 2 aromatic rings. The fourth-order valence-corrected chi connectivity index (χ4v) is 2.61. The highest BCUT2D eigenvalue weighted by Gasteiger charge is 2.13. The number of rotatable bonds is 7. The maximum atomic E-state index is 12.2. The molecule has 0 saturated heterocycles. The number of carbonyl (C=O) groups is 2. The number of benzene rings is 2. The lowest BCUT2D eigenvalue weighted by molar-refractivity contribution is -0.116. The minimum Gasteiger partial charge on any atom is -0.497 e. The Kier molecular flexibility index (Phi) is 6.86. The van der Waals surface area contributed by atoms with Crippen LogP contribution in [0.4, 0.5) is 5.69 Å². The maximum absolute atomic E-state index is 12.2. The van der Waals surface area contributed by atoms with Crippen molar-refractivity contribution >= 4 is 29.2 Å². The molecule has 0 aliphatic heterocycles. The van der Waals surface area contributed by atoms with E-state index in [1.165, 1.54) is 19.2 Å². The van der Waals surface area contributed by atoms with Gasteiger partial charge in [-0.05, 0) is 48.4 Å². The van der Waals surface area contributed by atoms with Crippen molar-refractivity contribution in [2.75, 3.05) is 26.6 Å². The molecule has 2 rings (SSSR count). The molecule has 26 heavy (non-hydrogen) atoms. The Balaban J connectivity index is 2.05. The number of ether oxygens (including phenoxy) is 3. The highest BCUT2D eigenvalue weighted by Crippen LogP contribution is 2.26. The zero-order chi connectivity index (χ0) is 19.1. The van der Waals surface area contributed by atoms with Gasteiger partial charge in [0, 0.05) is 12.1 Å². The summed E-state index contributed by atoms with van der Waals surface area (Å²) >= 11 is 5.97. The second-order valence-corrected chi connectivity index (χ2v) is 5.82. The van der Waals surface area contributed by atoms with Gasteiger partial charge in [-0.15, -0.1) is 0 Å². The lowest BCUT2D eigenvalue weighted by atomic mass is 10.1. The molecular formula is C19H20ClNO5. The molecule has 138 valence electrons. The first kappa shape index (κ1) is 19.6. The standard InChI is InChI=1S/C19H20ClNO5/c1-24-14-6-8-17(25-2)12(10-14)4-9-18(22)21-13-5-7-16(20)15(11-13)19(23)26-3/h5-8,10-11H,4,9H2,1-3H3,(H,21,22). The summed E-state index contributed by atoms with van der Waals surface area (Å²) in [4.78, 5) is 23.9. The first-order valence-corrected chi connectivity index (χ1v) is 8.25. The molecule has 0 aliphatic rings. The maximum Gasteiger partial charge on any atom is 0.339 e. The smallest absolute Gasteiger partial charge is 0.339 e. The van der Waals surface area contributed by atoms with Crippen LogP contribution in [0.3, 0.4) is 0 Å². The molecule has 0 saturated carbocycles. The Morgan fingerprint density at radius 1 is 1.04 bits per heavy atom. The van der Waals surface area contributed by atoms with Crippen molar-refractivity contribution in [3.8, 4) is 11.5 Å². The van der Waals surface area contributed by atoms with Crippen molar-refractivity contribution in [3.63, 3.8) is 0 Å². The Morgan fingerprint density at radius 2 is 1.81 bits per heavy atom. The Bertz CT molecular complexity index is 807. The fraction of sp³-hybridized carbons (Fsp3) is 0.263. The average Bonchev–Trinajstić information content (AvgIpc) is 2.66. The molecule has 6 nitrogen and oxygen atoms in total. The number of anilines is 1. The Morgan fingerprint density at radius 3 is 2.46 bits per heavy atom. The van der Waals surface area contributed by atoms with Crippen molar-refractivity contribution in [2.45, 2.75) is 12.8 Å². The van der Waals surface area contributed by atoms with E-state index in [1.807, 2.05) is 6.07 Å². The summed E-state index contributed by atoms with van der Waals surface area (Å²) in [6.45, 7) is 0. The van der Waals surface area contributed by atoms with E-state index >= 15 is 0 Å². The summed E-state index contributed by atoms with van der Waals surface area (Å²) in [7, 11) is 4.43. The summed E-state index contributed by atoms with van der Waals surface area (Å²) < 4.78 is 15.2. The molecule has 0 radical (unpaired) electrons. The summed E-state index contributed by atoms with van der Waals surface area (Å²) in [5.41, 5.74) is 1.53. The van der Waals surface area contributed by atoms with Crippen LogP contribution in [0, 0.1) is 0 Å². The van der Waals surface area contributed by atoms with Gasteiger partial charge >= 0.3 is 5.97 Å². The van der Waals surface area contributed by atoms with Crippen molar-refractivity contribution in [2.24, 2.45) is 0 Å². The molecule has 0 atom stereocenters. The molecular weight excluding hydrogens is 358 g/mol. The van der Waals surface area contributed by atoms with E-state index in [2.05, 4.69) is 10.1 Å². The molecule has 0 unspecified atom stereocenters. The van der Waals surface area contributed by atoms with Gasteiger partial charge in [-0.25, -0.2) is 4.79 Å². The van der Waals surface area contributed by atoms with Crippen LogP contribution in [0.2, 0.25) is 5.02 Å². The van der Waals surface area contributed by atoms with Gasteiger partial charge in [0.05, 0.1) is 31.9 Å². The zero-order valence-electron chi connectivity index (χ0n) is 14.8. The van der Waals surface area contributed by atoms with E-state index in [4.69, 9.17) is 21.1 Å². The third-order valence-electron chi connectivity index (χ3n) is 3.76. The molecule has 0 aliphatic carbocycles. The van der Waals surface area contributed by atoms with Gasteiger partial charge in [0.2, 0.25) is 5.91 Å². The number of amides is 1. The molecule has 2 aromatic carbocycles. The third kappa shape index (κ3) is 4.89. The van der Waals surface area contributed by atoms with E-state index in [9.17, 15) is 9.59 Å².